The summed E-state index contributed by atoms with van der Waals surface area (Å²) in [6.45, 7) is 7.76. The Morgan fingerprint density at radius 1 is 1.56 bits per heavy atom. The predicted molar refractivity (Wildman–Crippen MR) is 58.8 cm³/mol. The molecule has 94 valence electrons. The van der Waals surface area contributed by atoms with E-state index in [0.29, 0.717) is 6.61 Å². The molecule has 0 aromatic carbocycles. The molecule has 2 N–H and O–H groups in total. The maximum absolute atomic E-state index is 11.3. The summed E-state index contributed by atoms with van der Waals surface area (Å²) in [4.78, 5) is 11.3. The van der Waals surface area contributed by atoms with Crippen LogP contribution < -0.4 is 5.32 Å². The Hall–Kier alpha value is -0.650. The average molecular weight is 231 g/mol. The van der Waals surface area contributed by atoms with Gasteiger partial charge in [0.05, 0.1) is 12.7 Å². The van der Waals surface area contributed by atoms with E-state index < -0.39 is 11.9 Å². The molecule has 0 aliphatic carbocycles. The van der Waals surface area contributed by atoms with Crippen LogP contribution in [0.15, 0.2) is 0 Å². The van der Waals surface area contributed by atoms with E-state index in [4.69, 9.17) is 9.47 Å². The molecule has 1 saturated heterocycles. The second kappa shape index (κ2) is 5.12. The van der Waals surface area contributed by atoms with Gasteiger partial charge in [-0.3, -0.25) is 4.79 Å². The first kappa shape index (κ1) is 13.4. The van der Waals surface area contributed by atoms with Gasteiger partial charge in [0.1, 0.15) is 6.10 Å². The summed E-state index contributed by atoms with van der Waals surface area (Å²) in [5.74, 6) is -0.796. The number of rotatable bonds is 4. The smallest absolute Gasteiger partial charge is 0.222 e. The van der Waals surface area contributed by atoms with E-state index in [2.05, 4.69) is 5.32 Å². The molecule has 0 radical (unpaired) electrons. The second-order valence-electron chi connectivity index (χ2n) is 4.83. The Bertz CT molecular complexity index is 252. The van der Waals surface area contributed by atoms with Gasteiger partial charge in [-0.05, 0) is 13.8 Å². The number of carbonyl (C=O) groups excluding carboxylic acids is 1. The maximum Gasteiger partial charge on any atom is 0.222 e. The van der Waals surface area contributed by atoms with Crippen molar-refractivity contribution in [2.45, 2.75) is 45.7 Å². The second-order valence-corrected chi connectivity index (χ2v) is 4.83. The van der Waals surface area contributed by atoms with Crippen molar-refractivity contribution in [3.05, 3.63) is 0 Å². The minimum absolute atomic E-state index is 0.0720. The van der Waals surface area contributed by atoms with Crippen LogP contribution in [0, 0.1) is 5.92 Å². The van der Waals surface area contributed by atoms with Crippen molar-refractivity contribution in [2.24, 2.45) is 5.92 Å². The zero-order valence-corrected chi connectivity index (χ0v) is 10.3. The maximum atomic E-state index is 11.3. The minimum atomic E-state index is -0.732. The molecule has 0 spiro atoms. The van der Waals surface area contributed by atoms with E-state index in [9.17, 15) is 9.90 Å². The first-order chi connectivity index (χ1) is 7.32. The molecule has 0 bridgehead atoms. The van der Waals surface area contributed by atoms with Crippen LogP contribution in [-0.2, 0) is 14.3 Å². The summed E-state index contributed by atoms with van der Waals surface area (Å²) in [5.41, 5.74) is 0. The molecule has 5 nitrogen and oxygen atoms in total. The van der Waals surface area contributed by atoms with Crippen molar-refractivity contribution < 1.29 is 19.4 Å². The highest BCUT2D eigenvalue weighted by Crippen LogP contribution is 2.23. The molecule has 0 saturated carbocycles. The lowest BCUT2D eigenvalue weighted by molar-refractivity contribution is -0.150. The van der Waals surface area contributed by atoms with Crippen LogP contribution in [0.4, 0.5) is 0 Å². The summed E-state index contributed by atoms with van der Waals surface area (Å²) < 4.78 is 10.8. The lowest BCUT2D eigenvalue weighted by atomic mass is 10.2. The Kier molecular flexibility index (Phi) is 4.29. The summed E-state index contributed by atoms with van der Waals surface area (Å²) >= 11 is 0. The van der Waals surface area contributed by atoms with Crippen LogP contribution in [0.25, 0.3) is 0 Å². The van der Waals surface area contributed by atoms with E-state index in [0.717, 1.165) is 0 Å². The number of carbonyl (C=O) groups is 1. The number of amides is 1. The number of nitrogens with one attached hydrogen (secondary N) is 1. The van der Waals surface area contributed by atoms with E-state index in [1.54, 1.807) is 27.7 Å². The molecular formula is C11H21NO4. The van der Waals surface area contributed by atoms with Gasteiger partial charge in [0.25, 0.3) is 0 Å². The molecule has 2 unspecified atom stereocenters. The van der Waals surface area contributed by atoms with Gasteiger partial charge in [-0.2, -0.15) is 0 Å². The van der Waals surface area contributed by atoms with Crippen LogP contribution in [0.2, 0.25) is 0 Å². The summed E-state index contributed by atoms with van der Waals surface area (Å²) in [5, 5.41) is 12.5. The number of ether oxygens (including phenoxy) is 2. The van der Waals surface area contributed by atoms with Crippen molar-refractivity contribution in [1.29, 1.82) is 0 Å². The lowest BCUT2D eigenvalue weighted by Crippen LogP contribution is -2.41. The SMILES string of the molecule is CC(C)C(=O)NCC(O)C1COC(C)(C)O1. The normalized spacial score (nSPS) is 25.8. The molecule has 2 atom stereocenters. The van der Waals surface area contributed by atoms with Gasteiger partial charge in [0, 0.05) is 12.5 Å². The van der Waals surface area contributed by atoms with Gasteiger partial charge in [-0.25, -0.2) is 0 Å². The molecule has 1 fully saturated rings. The first-order valence-corrected chi connectivity index (χ1v) is 5.59. The van der Waals surface area contributed by atoms with Crippen molar-refractivity contribution in [2.75, 3.05) is 13.2 Å². The van der Waals surface area contributed by atoms with Gasteiger partial charge in [-0.15, -0.1) is 0 Å². The molecule has 5 heteroatoms. The first-order valence-electron chi connectivity index (χ1n) is 5.59. The molecule has 0 aromatic rings. The van der Waals surface area contributed by atoms with Gasteiger partial charge in [0.15, 0.2) is 5.79 Å². The standard InChI is InChI=1S/C11H21NO4/c1-7(2)10(14)12-5-8(13)9-6-15-11(3,4)16-9/h7-9,13H,5-6H2,1-4H3,(H,12,14). The molecular weight excluding hydrogens is 210 g/mol. The summed E-state index contributed by atoms with van der Waals surface area (Å²) in [6.07, 6.45) is -1.10. The summed E-state index contributed by atoms with van der Waals surface area (Å²) in [6, 6.07) is 0. The highest BCUT2D eigenvalue weighted by atomic mass is 16.7. The zero-order valence-electron chi connectivity index (χ0n) is 10.3. The highest BCUT2D eigenvalue weighted by molar-refractivity contribution is 5.77. The van der Waals surface area contributed by atoms with Gasteiger partial charge >= 0.3 is 0 Å². The van der Waals surface area contributed by atoms with Crippen LogP contribution in [-0.4, -0.2) is 42.2 Å². The quantitative estimate of drug-likeness (QED) is 0.729. The number of hydrogen-bond acceptors (Lipinski definition) is 4. The lowest BCUT2D eigenvalue weighted by Gasteiger charge is -2.21. The number of aliphatic hydroxyl groups is 1. The molecule has 16 heavy (non-hydrogen) atoms. The Labute approximate surface area is 96.1 Å². The molecule has 1 rings (SSSR count). The third-order valence-electron chi connectivity index (χ3n) is 2.47. The van der Waals surface area contributed by atoms with Crippen molar-refractivity contribution in [3.63, 3.8) is 0 Å². The van der Waals surface area contributed by atoms with Crippen molar-refractivity contribution in [3.8, 4) is 0 Å². The fourth-order valence-corrected chi connectivity index (χ4v) is 1.45. The molecule has 1 aliphatic rings. The van der Waals surface area contributed by atoms with Crippen molar-refractivity contribution in [1.82, 2.24) is 5.32 Å². The molecule has 1 aliphatic heterocycles. The fourth-order valence-electron chi connectivity index (χ4n) is 1.45. The molecule has 0 aromatic heterocycles. The third-order valence-corrected chi connectivity index (χ3v) is 2.47. The van der Waals surface area contributed by atoms with Gasteiger partial charge < -0.3 is 19.9 Å². The minimum Gasteiger partial charge on any atom is -0.388 e. The van der Waals surface area contributed by atoms with Crippen LogP contribution in [0.5, 0.6) is 0 Å². The monoisotopic (exact) mass is 231 g/mol. The van der Waals surface area contributed by atoms with Crippen LogP contribution in [0.1, 0.15) is 27.7 Å². The zero-order chi connectivity index (χ0) is 12.3. The van der Waals surface area contributed by atoms with Gasteiger partial charge in [0.2, 0.25) is 5.91 Å². The molecule has 1 heterocycles. The number of aliphatic hydroxyl groups excluding tert-OH is 1. The fraction of sp³-hybridized carbons (Fsp3) is 0.909. The van der Waals surface area contributed by atoms with Crippen LogP contribution in [0.3, 0.4) is 0 Å². The van der Waals surface area contributed by atoms with Gasteiger partial charge in [-0.1, -0.05) is 13.8 Å². The van der Waals surface area contributed by atoms with E-state index >= 15 is 0 Å². The Balaban J connectivity index is 2.31. The van der Waals surface area contributed by atoms with E-state index in [-0.39, 0.29) is 24.5 Å². The predicted octanol–water partition coefficient (Wildman–Crippen LogP) is 0.271. The third kappa shape index (κ3) is 3.73. The largest absolute Gasteiger partial charge is 0.388 e. The number of hydrogen-bond donors (Lipinski definition) is 2. The van der Waals surface area contributed by atoms with Crippen LogP contribution >= 0.6 is 0 Å². The average Bonchev–Trinajstić information content (AvgIpc) is 2.54. The molecule has 1 amide bonds. The summed E-state index contributed by atoms with van der Waals surface area (Å²) in [7, 11) is 0. The van der Waals surface area contributed by atoms with E-state index in [1.807, 2.05) is 0 Å². The highest BCUT2D eigenvalue weighted by Gasteiger charge is 2.36. The van der Waals surface area contributed by atoms with E-state index in [1.165, 1.54) is 0 Å². The van der Waals surface area contributed by atoms with Crippen molar-refractivity contribution >= 4 is 5.91 Å². The Morgan fingerprint density at radius 3 is 2.62 bits per heavy atom. The topological polar surface area (TPSA) is 67.8 Å². The Morgan fingerprint density at radius 2 is 2.19 bits per heavy atom.